The zero-order chi connectivity index (χ0) is 12.7. The minimum Gasteiger partial charge on any atom is -0.495 e. The van der Waals surface area contributed by atoms with Crippen LogP contribution in [0.15, 0.2) is 18.2 Å². The molecule has 0 heterocycles. The van der Waals surface area contributed by atoms with Crippen molar-refractivity contribution in [2.24, 2.45) is 0 Å². The summed E-state index contributed by atoms with van der Waals surface area (Å²) in [5.41, 5.74) is 1.70. The van der Waals surface area contributed by atoms with E-state index in [9.17, 15) is 4.79 Å². The van der Waals surface area contributed by atoms with Crippen LogP contribution in [-0.2, 0) is 4.79 Å². The lowest BCUT2D eigenvalue weighted by Gasteiger charge is -2.11. The maximum absolute atomic E-state index is 11.6. The van der Waals surface area contributed by atoms with E-state index in [4.69, 9.17) is 9.84 Å². The van der Waals surface area contributed by atoms with Crippen LogP contribution in [0.2, 0.25) is 0 Å². The maximum atomic E-state index is 11.6. The number of methoxy groups -OCH3 is 1. The number of aliphatic hydroxyl groups is 1. The van der Waals surface area contributed by atoms with Crippen molar-refractivity contribution in [2.45, 2.75) is 6.92 Å². The smallest absolute Gasteiger partial charge is 0.238 e. The predicted octanol–water partition coefficient (Wildman–Crippen LogP) is 0.524. The molecule has 1 amide bonds. The Labute approximate surface area is 101 Å². The van der Waals surface area contributed by atoms with Crippen molar-refractivity contribution in [3.8, 4) is 5.75 Å². The number of ether oxygens (including phenoxy) is 1. The number of rotatable bonds is 6. The molecule has 17 heavy (non-hydrogen) atoms. The third-order valence-corrected chi connectivity index (χ3v) is 2.20. The number of hydrogen-bond acceptors (Lipinski definition) is 4. The second-order valence-electron chi connectivity index (χ2n) is 3.65. The molecule has 0 saturated carbocycles. The Bertz CT molecular complexity index is 380. The Morgan fingerprint density at radius 2 is 2.24 bits per heavy atom. The van der Waals surface area contributed by atoms with Crippen molar-refractivity contribution in [1.29, 1.82) is 0 Å². The van der Waals surface area contributed by atoms with Crippen LogP contribution in [0.4, 0.5) is 5.69 Å². The molecule has 94 valence electrons. The number of hydrogen-bond donors (Lipinski definition) is 3. The summed E-state index contributed by atoms with van der Waals surface area (Å²) in [6.07, 6.45) is 0. The molecule has 1 aromatic carbocycles. The Kier molecular flexibility index (Phi) is 5.45. The van der Waals surface area contributed by atoms with E-state index in [0.717, 1.165) is 5.56 Å². The highest BCUT2D eigenvalue weighted by atomic mass is 16.5. The number of aryl methyl sites for hydroxylation is 1. The van der Waals surface area contributed by atoms with Gasteiger partial charge in [-0.1, -0.05) is 6.07 Å². The van der Waals surface area contributed by atoms with Crippen LogP contribution < -0.4 is 15.4 Å². The third kappa shape index (κ3) is 4.42. The summed E-state index contributed by atoms with van der Waals surface area (Å²) in [5, 5.41) is 14.1. The first-order chi connectivity index (χ1) is 8.17. The second kappa shape index (κ2) is 6.88. The van der Waals surface area contributed by atoms with Crippen molar-refractivity contribution < 1.29 is 14.6 Å². The topological polar surface area (TPSA) is 70.6 Å². The van der Waals surface area contributed by atoms with Crippen molar-refractivity contribution in [2.75, 3.05) is 32.1 Å². The standard InChI is InChI=1S/C12H18N2O3/c1-9-3-4-11(17-2)10(7-9)14-12(16)8-13-5-6-15/h3-4,7,13,15H,5-6,8H2,1-2H3,(H,14,16). The van der Waals surface area contributed by atoms with Crippen LogP contribution in [0.1, 0.15) is 5.56 Å². The summed E-state index contributed by atoms with van der Waals surface area (Å²) >= 11 is 0. The van der Waals surface area contributed by atoms with E-state index in [1.165, 1.54) is 0 Å². The quantitative estimate of drug-likeness (QED) is 0.632. The number of amides is 1. The molecule has 0 aliphatic carbocycles. The molecule has 0 bridgehead atoms. The molecule has 0 aliphatic rings. The van der Waals surface area contributed by atoms with Gasteiger partial charge in [0, 0.05) is 6.54 Å². The van der Waals surface area contributed by atoms with Gasteiger partial charge >= 0.3 is 0 Å². The molecule has 0 aromatic heterocycles. The first-order valence-corrected chi connectivity index (χ1v) is 5.43. The summed E-state index contributed by atoms with van der Waals surface area (Å²) in [6.45, 7) is 2.52. The first kappa shape index (κ1) is 13.5. The molecule has 0 saturated heterocycles. The SMILES string of the molecule is COc1ccc(C)cc1NC(=O)CNCCO. The molecule has 3 N–H and O–H groups in total. The van der Waals surface area contributed by atoms with Gasteiger partial charge in [0.1, 0.15) is 5.75 Å². The van der Waals surface area contributed by atoms with Gasteiger partial charge in [0.2, 0.25) is 5.91 Å². The van der Waals surface area contributed by atoms with E-state index in [2.05, 4.69) is 10.6 Å². The van der Waals surface area contributed by atoms with Crippen molar-refractivity contribution in [3.05, 3.63) is 23.8 Å². The van der Waals surface area contributed by atoms with Gasteiger partial charge in [-0.3, -0.25) is 4.79 Å². The van der Waals surface area contributed by atoms with Gasteiger partial charge in [0.25, 0.3) is 0 Å². The molecule has 0 aliphatic heterocycles. The molecule has 1 aromatic rings. The molecule has 0 spiro atoms. The molecule has 0 unspecified atom stereocenters. The number of benzene rings is 1. The molecular formula is C12H18N2O3. The number of carbonyl (C=O) groups excluding carboxylic acids is 1. The summed E-state index contributed by atoms with van der Waals surface area (Å²) < 4.78 is 5.15. The van der Waals surface area contributed by atoms with E-state index in [0.29, 0.717) is 18.0 Å². The fourth-order valence-corrected chi connectivity index (χ4v) is 1.39. The van der Waals surface area contributed by atoms with Crippen LogP contribution in [0, 0.1) is 6.92 Å². The summed E-state index contributed by atoms with van der Waals surface area (Å²) in [7, 11) is 1.56. The Balaban J connectivity index is 2.60. The predicted molar refractivity (Wildman–Crippen MR) is 66.3 cm³/mol. The number of nitrogens with one attached hydrogen (secondary N) is 2. The average Bonchev–Trinajstić information content (AvgIpc) is 2.29. The number of carbonyl (C=O) groups is 1. The zero-order valence-electron chi connectivity index (χ0n) is 10.1. The largest absolute Gasteiger partial charge is 0.495 e. The van der Waals surface area contributed by atoms with E-state index >= 15 is 0 Å². The van der Waals surface area contributed by atoms with E-state index in [1.807, 2.05) is 25.1 Å². The number of anilines is 1. The van der Waals surface area contributed by atoms with E-state index in [-0.39, 0.29) is 19.1 Å². The minimum absolute atomic E-state index is 0.0149. The fraction of sp³-hybridized carbons (Fsp3) is 0.417. The summed E-state index contributed by atoms with van der Waals surface area (Å²) in [6, 6.07) is 5.58. The third-order valence-electron chi connectivity index (χ3n) is 2.20. The highest BCUT2D eigenvalue weighted by molar-refractivity contribution is 5.93. The lowest BCUT2D eigenvalue weighted by Crippen LogP contribution is -2.30. The molecule has 5 heteroatoms. The molecule has 1 rings (SSSR count). The van der Waals surface area contributed by atoms with Gasteiger partial charge in [-0.15, -0.1) is 0 Å². The zero-order valence-corrected chi connectivity index (χ0v) is 10.1. The molecule has 0 fully saturated rings. The monoisotopic (exact) mass is 238 g/mol. The van der Waals surface area contributed by atoms with Crippen LogP contribution >= 0.6 is 0 Å². The Hall–Kier alpha value is -1.59. The highest BCUT2D eigenvalue weighted by Gasteiger charge is 2.07. The van der Waals surface area contributed by atoms with Crippen LogP contribution in [-0.4, -0.2) is 37.8 Å². The lowest BCUT2D eigenvalue weighted by atomic mass is 10.2. The van der Waals surface area contributed by atoms with Crippen molar-refractivity contribution >= 4 is 11.6 Å². The van der Waals surface area contributed by atoms with Gasteiger partial charge in [-0.2, -0.15) is 0 Å². The van der Waals surface area contributed by atoms with Gasteiger partial charge in [-0.25, -0.2) is 0 Å². The second-order valence-corrected chi connectivity index (χ2v) is 3.65. The van der Waals surface area contributed by atoms with E-state index in [1.54, 1.807) is 7.11 Å². The van der Waals surface area contributed by atoms with Crippen LogP contribution in [0.3, 0.4) is 0 Å². The maximum Gasteiger partial charge on any atom is 0.238 e. The molecule has 0 atom stereocenters. The molecule has 5 nitrogen and oxygen atoms in total. The lowest BCUT2D eigenvalue weighted by molar-refractivity contribution is -0.115. The fourth-order valence-electron chi connectivity index (χ4n) is 1.39. The van der Waals surface area contributed by atoms with E-state index < -0.39 is 0 Å². The Morgan fingerprint density at radius 3 is 2.88 bits per heavy atom. The normalized spacial score (nSPS) is 10.1. The minimum atomic E-state index is -0.164. The average molecular weight is 238 g/mol. The Morgan fingerprint density at radius 1 is 1.47 bits per heavy atom. The molecule has 0 radical (unpaired) electrons. The summed E-state index contributed by atoms with van der Waals surface area (Å²) in [5.74, 6) is 0.466. The van der Waals surface area contributed by atoms with Crippen LogP contribution in [0.5, 0.6) is 5.75 Å². The molecular weight excluding hydrogens is 220 g/mol. The van der Waals surface area contributed by atoms with Crippen LogP contribution in [0.25, 0.3) is 0 Å². The van der Waals surface area contributed by atoms with Gasteiger partial charge in [0.05, 0.1) is 25.9 Å². The summed E-state index contributed by atoms with van der Waals surface area (Å²) in [4.78, 5) is 11.6. The van der Waals surface area contributed by atoms with Crippen molar-refractivity contribution in [1.82, 2.24) is 5.32 Å². The van der Waals surface area contributed by atoms with Gasteiger partial charge in [-0.05, 0) is 24.6 Å². The first-order valence-electron chi connectivity index (χ1n) is 5.43. The van der Waals surface area contributed by atoms with Crippen molar-refractivity contribution in [3.63, 3.8) is 0 Å². The van der Waals surface area contributed by atoms with Gasteiger partial charge < -0.3 is 20.5 Å². The number of aliphatic hydroxyl groups excluding tert-OH is 1. The van der Waals surface area contributed by atoms with Gasteiger partial charge in [0.15, 0.2) is 0 Å². The highest BCUT2D eigenvalue weighted by Crippen LogP contribution is 2.24.